The lowest BCUT2D eigenvalue weighted by Crippen LogP contribution is -2.13. The Morgan fingerprint density at radius 3 is 2.75 bits per heavy atom. The number of aromatic nitrogens is 4. The van der Waals surface area contributed by atoms with Crippen LogP contribution in [-0.4, -0.2) is 32.5 Å². The quantitative estimate of drug-likeness (QED) is 0.442. The average Bonchev–Trinajstić information content (AvgIpc) is 3.43. The molecule has 0 unspecified atom stereocenters. The summed E-state index contributed by atoms with van der Waals surface area (Å²) < 4.78 is 12.3. The fourth-order valence-electron chi connectivity index (χ4n) is 3.30. The lowest BCUT2D eigenvalue weighted by molar-refractivity contribution is -0.116. The molecule has 3 heterocycles. The first-order valence-electron chi connectivity index (χ1n) is 10.0. The molecule has 0 saturated carbocycles. The van der Waals surface area contributed by atoms with E-state index in [1.54, 1.807) is 22.7 Å². The molecule has 10 heteroatoms. The minimum Gasteiger partial charge on any atom is -0.454 e. The van der Waals surface area contributed by atoms with Gasteiger partial charge in [0.25, 0.3) is 0 Å². The van der Waals surface area contributed by atoms with Crippen LogP contribution in [0.25, 0.3) is 5.65 Å². The predicted molar refractivity (Wildman–Crippen MR) is 119 cm³/mol. The molecule has 1 aliphatic rings. The van der Waals surface area contributed by atoms with Crippen LogP contribution in [0.15, 0.2) is 54.6 Å². The number of anilines is 2. The smallest absolute Gasteiger partial charge is 0.231 e. The van der Waals surface area contributed by atoms with Crippen LogP contribution in [-0.2, 0) is 17.8 Å². The highest BCUT2D eigenvalue weighted by atomic mass is 35.5. The molecule has 5 rings (SSSR count). The highest BCUT2D eigenvalue weighted by Gasteiger charge is 2.15. The SMILES string of the molecule is O=C(CCc1nnc2ccc(NCc3ccc(Cl)cc3)nn12)Nc1ccc2c(c1)OCO2. The minimum atomic E-state index is -0.141. The molecular formula is C22H19ClN6O3. The minimum absolute atomic E-state index is 0.141. The maximum atomic E-state index is 12.4. The van der Waals surface area contributed by atoms with Crippen molar-refractivity contribution in [3.63, 3.8) is 0 Å². The normalized spacial score (nSPS) is 12.2. The van der Waals surface area contributed by atoms with Gasteiger partial charge >= 0.3 is 0 Å². The standard InChI is InChI=1S/C22H19ClN6O3/c23-15-3-1-14(2-4-15)12-24-19-7-8-20-26-27-21(29(20)28-19)9-10-22(30)25-16-5-6-17-18(11-16)32-13-31-17/h1-8,11H,9-10,12-13H2,(H,24,28)(H,25,30). The van der Waals surface area contributed by atoms with Gasteiger partial charge in [-0.1, -0.05) is 23.7 Å². The molecule has 4 aromatic rings. The topological polar surface area (TPSA) is 103 Å². The number of carbonyl (C=O) groups excluding carboxylic acids is 1. The van der Waals surface area contributed by atoms with Crippen LogP contribution in [0.1, 0.15) is 17.8 Å². The second-order valence-corrected chi connectivity index (χ2v) is 7.64. The Labute approximate surface area is 188 Å². The van der Waals surface area contributed by atoms with Gasteiger partial charge in [-0.25, -0.2) is 0 Å². The van der Waals surface area contributed by atoms with Gasteiger partial charge in [0.15, 0.2) is 23.0 Å². The van der Waals surface area contributed by atoms with E-state index in [9.17, 15) is 4.79 Å². The van der Waals surface area contributed by atoms with Crippen LogP contribution >= 0.6 is 11.6 Å². The molecule has 32 heavy (non-hydrogen) atoms. The summed E-state index contributed by atoms with van der Waals surface area (Å²) >= 11 is 5.93. The number of rotatable bonds is 7. The third kappa shape index (κ3) is 4.42. The molecule has 0 radical (unpaired) electrons. The van der Waals surface area contributed by atoms with Crippen LogP contribution in [0.4, 0.5) is 11.5 Å². The summed E-state index contributed by atoms with van der Waals surface area (Å²) in [6, 6.07) is 16.6. The average molecular weight is 451 g/mol. The molecular weight excluding hydrogens is 432 g/mol. The van der Waals surface area contributed by atoms with Crippen molar-refractivity contribution >= 4 is 34.7 Å². The summed E-state index contributed by atoms with van der Waals surface area (Å²) in [6.07, 6.45) is 0.629. The molecule has 0 aliphatic carbocycles. The first-order valence-corrected chi connectivity index (χ1v) is 10.4. The number of nitrogens with one attached hydrogen (secondary N) is 2. The fraction of sp³-hybridized carbons (Fsp3) is 0.182. The van der Waals surface area contributed by atoms with Crippen molar-refractivity contribution in [2.45, 2.75) is 19.4 Å². The summed E-state index contributed by atoms with van der Waals surface area (Å²) in [4.78, 5) is 12.4. The number of ether oxygens (including phenoxy) is 2. The molecule has 2 aromatic carbocycles. The lowest BCUT2D eigenvalue weighted by atomic mass is 10.2. The van der Waals surface area contributed by atoms with Gasteiger partial charge in [0.1, 0.15) is 5.82 Å². The number of halogens is 1. The Morgan fingerprint density at radius 2 is 1.88 bits per heavy atom. The number of aryl methyl sites for hydroxylation is 1. The molecule has 1 aliphatic heterocycles. The first-order chi connectivity index (χ1) is 15.6. The summed E-state index contributed by atoms with van der Waals surface area (Å²) in [5, 5.41) is 19.7. The van der Waals surface area contributed by atoms with Gasteiger partial charge in [-0.3, -0.25) is 4.79 Å². The number of carbonyl (C=O) groups is 1. The van der Waals surface area contributed by atoms with Crippen molar-refractivity contribution in [3.05, 3.63) is 71.0 Å². The second kappa shape index (κ2) is 8.72. The maximum Gasteiger partial charge on any atom is 0.231 e. The Balaban J connectivity index is 1.21. The lowest BCUT2D eigenvalue weighted by Gasteiger charge is -2.07. The monoisotopic (exact) mass is 450 g/mol. The van der Waals surface area contributed by atoms with Crippen molar-refractivity contribution < 1.29 is 14.3 Å². The number of benzene rings is 2. The van der Waals surface area contributed by atoms with Gasteiger partial charge in [0, 0.05) is 36.2 Å². The van der Waals surface area contributed by atoms with Gasteiger partial charge in [-0.15, -0.1) is 15.3 Å². The fourth-order valence-corrected chi connectivity index (χ4v) is 3.43. The molecule has 1 amide bonds. The molecule has 0 bridgehead atoms. The Morgan fingerprint density at radius 1 is 1.03 bits per heavy atom. The van der Waals surface area contributed by atoms with Crippen molar-refractivity contribution in [1.29, 1.82) is 0 Å². The van der Waals surface area contributed by atoms with Crippen LogP contribution < -0.4 is 20.1 Å². The predicted octanol–water partition coefficient (Wildman–Crippen LogP) is 3.69. The molecule has 0 atom stereocenters. The van der Waals surface area contributed by atoms with Crippen molar-refractivity contribution in [2.75, 3.05) is 17.4 Å². The number of hydrogen-bond donors (Lipinski definition) is 2. The van der Waals surface area contributed by atoms with Gasteiger partial charge in [0.05, 0.1) is 0 Å². The molecule has 2 N–H and O–H groups in total. The zero-order chi connectivity index (χ0) is 21.9. The number of nitrogens with zero attached hydrogens (tertiary/aromatic N) is 4. The Bertz CT molecular complexity index is 1270. The number of fused-ring (bicyclic) bond motifs is 2. The Kier molecular flexibility index (Phi) is 5.47. The molecule has 0 saturated heterocycles. The number of amides is 1. The van der Waals surface area contributed by atoms with E-state index in [4.69, 9.17) is 21.1 Å². The zero-order valence-electron chi connectivity index (χ0n) is 16.9. The van der Waals surface area contributed by atoms with Crippen molar-refractivity contribution in [2.24, 2.45) is 0 Å². The maximum absolute atomic E-state index is 12.4. The molecule has 0 fully saturated rings. The Hall–Kier alpha value is -3.85. The van der Waals surface area contributed by atoms with Gasteiger partial charge < -0.3 is 20.1 Å². The van der Waals surface area contributed by atoms with Gasteiger partial charge in [0.2, 0.25) is 12.7 Å². The van der Waals surface area contributed by atoms with E-state index in [2.05, 4.69) is 25.9 Å². The van der Waals surface area contributed by atoms with E-state index >= 15 is 0 Å². The summed E-state index contributed by atoms with van der Waals surface area (Å²) in [6.45, 7) is 0.793. The molecule has 0 spiro atoms. The van der Waals surface area contributed by atoms with Gasteiger partial charge in [-0.05, 0) is 42.0 Å². The van der Waals surface area contributed by atoms with E-state index in [0.717, 1.165) is 5.56 Å². The first kappa shape index (κ1) is 20.1. The largest absolute Gasteiger partial charge is 0.454 e. The van der Waals surface area contributed by atoms with Crippen LogP contribution in [0.2, 0.25) is 5.02 Å². The molecule has 162 valence electrons. The summed E-state index contributed by atoms with van der Waals surface area (Å²) in [7, 11) is 0. The summed E-state index contributed by atoms with van der Waals surface area (Å²) in [5.41, 5.74) is 2.35. The van der Waals surface area contributed by atoms with E-state index in [0.29, 0.717) is 52.5 Å². The van der Waals surface area contributed by atoms with Gasteiger partial charge in [-0.2, -0.15) is 4.52 Å². The zero-order valence-corrected chi connectivity index (χ0v) is 17.7. The van der Waals surface area contributed by atoms with Crippen LogP contribution in [0.3, 0.4) is 0 Å². The van der Waals surface area contributed by atoms with E-state index in [1.807, 2.05) is 36.4 Å². The highest BCUT2D eigenvalue weighted by Crippen LogP contribution is 2.34. The summed E-state index contributed by atoms with van der Waals surface area (Å²) in [5.74, 6) is 2.44. The van der Waals surface area contributed by atoms with E-state index in [1.165, 1.54) is 0 Å². The van der Waals surface area contributed by atoms with E-state index < -0.39 is 0 Å². The van der Waals surface area contributed by atoms with Crippen LogP contribution in [0, 0.1) is 0 Å². The highest BCUT2D eigenvalue weighted by molar-refractivity contribution is 6.30. The second-order valence-electron chi connectivity index (χ2n) is 7.20. The van der Waals surface area contributed by atoms with Crippen molar-refractivity contribution in [1.82, 2.24) is 19.8 Å². The van der Waals surface area contributed by atoms with Crippen LogP contribution in [0.5, 0.6) is 11.5 Å². The van der Waals surface area contributed by atoms with E-state index in [-0.39, 0.29) is 19.1 Å². The molecule has 2 aromatic heterocycles. The third-order valence-corrected chi connectivity index (χ3v) is 5.20. The molecule has 9 nitrogen and oxygen atoms in total. The van der Waals surface area contributed by atoms with Crippen molar-refractivity contribution in [3.8, 4) is 11.5 Å². The number of hydrogen-bond acceptors (Lipinski definition) is 7. The third-order valence-electron chi connectivity index (χ3n) is 4.95.